The van der Waals surface area contributed by atoms with Crippen molar-refractivity contribution >= 4 is 11.6 Å². The number of nitrogens with zero attached hydrogens (tertiary/aromatic N) is 2. The predicted molar refractivity (Wildman–Crippen MR) is 70.8 cm³/mol. The molecule has 1 aromatic heterocycles. The molecule has 1 N–H and O–H groups in total. The SMILES string of the molecule is COC1CCC(O)(c2c(Cl)cnn2C(C)C)CC1. The first kappa shape index (κ1) is 13.8. The molecule has 0 bridgehead atoms. The van der Waals surface area contributed by atoms with Crippen LogP contribution in [0, 0.1) is 0 Å². The second-order valence-electron chi connectivity index (χ2n) is 5.35. The Kier molecular flexibility index (Phi) is 3.99. The lowest BCUT2D eigenvalue weighted by Gasteiger charge is -2.36. The van der Waals surface area contributed by atoms with Crippen molar-refractivity contribution in [1.82, 2.24) is 9.78 Å². The molecule has 1 fully saturated rings. The van der Waals surface area contributed by atoms with Crippen LogP contribution in [-0.2, 0) is 10.3 Å². The maximum atomic E-state index is 10.9. The Bertz CT molecular complexity index is 409. The Morgan fingerprint density at radius 3 is 2.61 bits per heavy atom. The highest BCUT2D eigenvalue weighted by Crippen LogP contribution is 2.41. The second-order valence-corrected chi connectivity index (χ2v) is 5.75. The van der Waals surface area contributed by atoms with Gasteiger partial charge in [0.1, 0.15) is 5.60 Å². The molecule has 18 heavy (non-hydrogen) atoms. The fourth-order valence-corrected chi connectivity index (χ4v) is 3.02. The zero-order valence-corrected chi connectivity index (χ0v) is 11.9. The summed E-state index contributed by atoms with van der Waals surface area (Å²) in [5.41, 5.74) is -0.110. The lowest BCUT2D eigenvalue weighted by molar-refractivity contribution is -0.0531. The first-order valence-electron chi connectivity index (χ1n) is 6.46. The highest BCUT2D eigenvalue weighted by molar-refractivity contribution is 6.31. The summed E-state index contributed by atoms with van der Waals surface area (Å²) >= 11 is 6.21. The van der Waals surface area contributed by atoms with Crippen LogP contribution in [0.25, 0.3) is 0 Å². The molecule has 1 heterocycles. The Morgan fingerprint density at radius 2 is 2.11 bits per heavy atom. The highest BCUT2D eigenvalue weighted by atomic mass is 35.5. The molecule has 2 rings (SSSR count). The molecule has 0 saturated heterocycles. The first-order chi connectivity index (χ1) is 8.48. The largest absolute Gasteiger partial charge is 0.384 e. The van der Waals surface area contributed by atoms with Crippen LogP contribution in [0.1, 0.15) is 51.3 Å². The van der Waals surface area contributed by atoms with Crippen LogP contribution < -0.4 is 0 Å². The minimum absolute atomic E-state index is 0.191. The number of hydrogen-bond acceptors (Lipinski definition) is 3. The van der Waals surface area contributed by atoms with Crippen molar-refractivity contribution < 1.29 is 9.84 Å². The average Bonchev–Trinajstić information content (AvgIpc) is 2.73. The normalized spacial score (nSPS) is 28.9. The summed E-state index contributed by atoms with van der Waals surface area (Å²) < 4.78 is 7.17. The van der Waals surface area contributed by atoms with E-state index in [1.54, 1.807) is 13.3 Å². The van der Waals surface area contributed by atoms with Gasteiger partial charge >= 0.3 is 0 Å². The smallest absolute Gasteiger partial charge is 0.108 e. The third-order valence-electron chi connectivity index (χ3n) is 3.77. The molecule has 1 saturated carbocycles. The van der Waals surface area contributed by atoms with Gasteiger partial charge in [-0.1, -0.05) is 11.6 Å². The zero-order valence-electron chi connectivity index (χ0n) is 11.2. The summed E-state index contributed by atoms with van der Waals surface area (Å²) in [6, 6.07) is 0.191. The van der Waals surface area contributed by atoms with E-state index in [0.717, 1.165) is 18.5 Å². The lowest BCUT2D eigenvalue weighted by Crippen LogP contribution is -2.36. The van der Waals surface area contributed by atoms with E-state index in [-0.39, 0.29) is 12.1 Å². The first-order valence-corrected chi connectivity index (χ1v) is 6.84. The van der Waals surface area contributed by atoms with Crippen LogP contribution in [0.15, 0.2) is 6.20 Å². The van der Waals surface area contributed by atoms with Gasteiger partial charge in [0.25, 0.3) is 0 Å². The third-order valence-corrected chi connectivity index (χ3v) is 4.05. The fourth-order valence-electron chi connectivity index (χ4n) is 2.71. The molecule has 0 aliphatic heterocycles. The molecule has 4 nitrogen and oxygen atoms in total. The molecule has 0 atom stereocenters. The van der Waals surface area contributed by atoms with Crippen LogP contribution in [-0.4, -0.2) is 28.1 Å². The number of methoxy groups -OCH3 is 1. The van der Waals surface area contributed by atoms with Gasteiger partial charge in [0, 0.05) is 13.2 Å². The van der Waals surface area contributed by atoms with Gasteiger partial charge in [-0.25, -0.2) is 0 Å². The summed E-state index contributed by atoms with van der Waals surface area (Å²) in [6.45, 7) is 4.08. The molecule has 1 aromatic rings. The Balaban J connectivity index is 2.28. The molecule has 1 aliphatic carbocycles. The van der Waals surface area contributed by atoms with Crippen molar-refractivity contribution in [3.63, 3.8) is 0 Å². The number of rotatable bonds is 3. The number of ether oxygens (including phenoxy) is 1. The molecule has 0 aromatic carbocycles. The summed E-state index contributed by atoms with van der Waals surface area (Å²) in [6.07, 6.45) is 4.92. The maximum absolute atomic E-state index is 10.9. The quantitative estimate of drug-likeness (QED) is 0.920. The van der Waals surface area contributed by atoms with Gasteiger partial charge in [-0.05, 0) is 39.5 Å². The zero-order chi connectivity index (χ0) is 13.3. The molecule has 1 aliphatic rings. The molecule has 0 unspecified atom stereocenters. The van der Waals surface area contributed by atoms with Gasteiger partial charge in [-0.3, -0.25) is 4.68 Å². The lowest BCUT2D eigenvalue weighted by atomic mass is 9.81. The van der Waals surface area contributed by atoms with Crippen molar-refractivity contribution in [2.45, 2.75) is 57.3 Å². The molecule has 102 valence electrons. The van der Waals surface area contributed by atoms with E-state index in [2.05, 4.69) is 5.10 Å². The summed E-state index contributed by atoms with van der Waals surface area (Å²) in [7, 11) is 1.72. The van der Waals surface area contributed by atoms with E-state index in [9.17, 15) is 5.11 Å². The van der Waals surface area contributed by atoms with Crippen LogP contribution >= 0.6 is 11.6 Å². The van der Waals surface area contributed by atoms with Crippen molar-refractivity contribution in [2.75, 3.05) is 7.11 Å². The molecular formula is C13H21ClN2O2. The van der Waals surface area contributed by atoms with Gasteiger partial charge in [0.2, 0.25) is 0 Å². The van der Waals surface area contributed by atoms with Gasteiger partial charge in [0.15, 0.2) is 0 Å². The number of aliphatic hydroxyl groups is 1. The van der Waals surface area contributed by atoms with Crippen LogP contribution in [0.3, 0.4) is 0 Å². The van der Waals surface area contributed by atoms with E-state index in [1.165, 1.54) is 0 Å². The van der Waals surface area contributed by atoms with E-state index in [1.807, 2.05) is 18.5 Å². The van der Waals surface area contributed by atoms with Crippen molar-refractivity contribution in [1.29, 1.82) is 0 Å². The molecule has 0 radical (unpaired) electrons. The van der Waals surface area contributed by atoms with E-state index >= 15 is 0 Å². The number of halogens is 1. The van der Waals surface area contributed by atoms with Crippen molar-refractivity contribution in [2.24, 2.45) is 0 Å². The van der Waals surface area contributed by atoms with Crippen LogP contribution in [0.2, 0.25) is 5.02 Å². The summed E-state index contributed by atoms with van der Waals surface area (Å²) in [4.78, 5) is 0. The number of aromatic nitrogens is 2. The summed E-state index contributed by atoms with van der Waals surface area (Å²) in [5.74, 6) is 0. The van der Waals surface area contributed by atoms with Crippen LogP contribution in [0.5, 0.6) is 0 Å². The second kappa shape index (κ2) is 5.19. The fraction of sp³-hybridized carbons (Fsp3) is 0.769. The standard InChI is InChI=1S/C13H21ClN2O2/c1-9(2)16-12(11(14)8-15-16)13(17)6-4-10(18-3)5-7-13/h8-10,17H,4-7H2,1-3H3. The third kappa shape index (κ3) is 2.42. The number of hydrogen-bond donors (Lipinski definition) is 1. The van der Waals surface area contributed by atoms with Gasteiger partial charge < -0.3 is 9.84 Å². The monoisotopic (exact) mass is 272 g/mol. The van der Waals surface area contributed by atoms with Gasteiger partial charge in [-0.2, -0.15) is 5.10 Å². The highest BCUT2D eigenvalue weighted by Gasteiger charge is 2.39. The van der Waals surface area contributed by atoms with Gasteiger partial charge in [-0.15, -0.1) is 0 Å². The minimum Gasteiger partial charge on any atom is -0.384 e. The van der Waals surface area contributed by atoms with Gasteiger partial charge in [0.05, 0.1) is 23.0 Å². The summed E-state index contributed by atoms with van der Waals surface area (Å²) in [5, 5.41) is 15.7. The molecule has 5 heteroatoms. The topological polar surface area (TPSA) is 47.3 Å². The minimum atomic E-state index is -0.868. The Hall–Kier alpha value is -0.580. The molecule has 0 spiro atoms. The van der Waals surface area contributed by atoms with E-state index < -0.39 is 5.60 Å². The Labute approximate surface area is 113 Å². The van der Waals surface area contributed by atoms with E-state index in [4.69, 9.17) is 16.3 Å². The molecular weight excluding hydrogens is 252 g/mol. The molecule has 0 amide bonds. The maximum Gasteiger partial charge on any atom is 0.108 e. The van der Waals surface area contributed by atoms with Crippen LogP contribution in [0.4, 0.5) is 0 Å². The van der Waals surface area contributed by atoms with Crippen molar-refractivity contribution in [3.05, 3.63) is 16.9 Å². The van der Waals surface area contributed by atoms with Crippen molar-refractivity contribution in [3.8, 4) is 0 Å². The predicted octanol–water partition coefficient (Wildman–Crippen LogP) is 2.89. The Morgan fingerprint density at radius 1 is 1.50 bits per heavy atom. The van der Waals surface area contributed by atoms with E-state index in [0.29, 0.717) is 17.9 Å². The average molecular weight is 273 g/mol.